The molecule has 6 heteroatoms. The van der Waals surface area contributed by atoms with Crippen molar-refractivity contribution in [3.8, 4) is 0 Å². The van der Waals surface area contributed by atoms with Crippen LogP contribution in [0.1, 0.15) is 22.9 Å². The van der Waals surface area contributed by atoms with Gasteiger partial charge in [0, 0.05) is 49.4 Å². The van der Waals surface area contributed by atoms with Gasteiger partial charge in [-0.25, -0.2) is 8.78 Å². The number of hydrogen-bond acceptors (Lipinski definition) is 3. The maximum Gasteiger partial charge on any atom is 0.253 e. The lowest BCUT2D eigenvalue weighted by molar-refractivity contribution is 0.274. The molecule has 2 heterocycles. The van der Waals surface area contributed by atoms with Crippen molar-refractivity contribution in [1.29, 1.82) is 0 Å². The van der Waals surface area contributed by atoms with E-state index in [2.05, 4.69) is 5.32 Å². The molecule has 0 aliphatic carbocycles. The predicted molar refractivity (Wildman–Crippen MR) is 83.3 cm³/mol. The van der Waals surface area contributed by atoms with Crippen LogP contribution in [0.3, 0.4) is 0 Å². The summed E-state index contributed by atoms with van der Waals surface area (Å²) in [5, 5.41) is 3.19. The van der Waals surface area contributed by atoms with E-state index >= 15 is 0 Å². The van der Waals surface area contributed by atoms with E-state index in [0.29, 0.717) is 17.7 Å². The van der Waals surface area contributed by atoms with Crippen LogP contribution in [0.15, 0.2) is 47.7 Å². The van der Waals surface area contributed by atoms with Crippen molar-refractivity contribution >= 4 is 0 Å². The van der Waals surface area contributed by atoms with Gasteiger partial charge in [0.2, 0.25) is 0 Å². The number of rotatable bonds is 3. The van der Waals surface area contributed by atoms with Gasteiger partial charge in [-0.2, -0.15) is 0 Å². The predicted octanol–water partition coefficient (Wildman–Crippen LogP) is 2.55. The highest BCUT2D eigenvalue weighted by Gasteiger charge is 2.22. The van der Waals surface area contributed by atoms with Gasteiger partial charge in [0.25, 0.3) is 5.56 Å². The highest BCUT2D eigenvalue weighted by molar-refractivity contribution is 5.25. The molecule has 0 radical (unpaired) electrons. The third kappa shape index (κ3) is 3.11. The van der Waals surface area contributed by atoms with E-state index < -0.39 is 11.6 Å². The van der Waals surface area contributed by atoms with Crippen LogP contribution in [-0.4, -0.2) is 9.47 Å². The van der Waals surface area contributed by atoms with E-state index in [9.17, 15) is 13.6 Å². The number of pyridine rings is 1. The molecule has 1 aromatic carbocycles. The molecule has 1 aliphatic rings. The molecule has 1 unspecified atom stereocenters. The zero-order chi connectivity index (χ0) is 16.6. The smallest absolute Gasteiger partial charge is 0.253 e. The average molecular weight is 317 g/mol. The molecule has 1 atom stereocenters. The van der Waals surface area contributed by atoms with Gasteiger partial charge in [-0.15, -0.1) is 0 Å². The van der Waals surface area contributed by atoms with Crippen LogP contribution in [-0.2, 0) is 13.6 Å². The normalized spacial score (nSPS) is 16.7. The summed E-state index contributed by atoms with van der Waals surface area (Å²) in [5.41, 5.74) is 2.06. The first-order valence-electron chi connectivity index (χ1n) is 7.24. The SMILES string of the molecule is Cc1cc(C2NC=CN2Cc2cc(F)cc(F)c2)cn(C)c1=O. The first kappa shape index (κ1) is 15.3. The van der Waals surface area contributed by atoms with Gasteiger partial charge in [0.05, 0.1) is 0 Å². The van der Waals surface area contributed by atoms with E-state index in [-0.39, 0.29) is 11.7 Å². The fourth-order valence-electron chi connectivity index (χ4n) is 2.82. The zero-order valence-electron chi connectivity index (χ0n) is 12.9. The number of benzene rings is 1. The Morgan fingerprint density at radius 3 is 2.52 bits per heavy atom. The largest absolute Gasteiger partial charge is 0.366 e. The molecule has 23 heavy (non-hydrogen) atoms. The number of nitrogens with zero attached hydrogens (tertiary/aromatic N) is 2. The second-order valence-corrected chi connectivity index (χ2v) is 5.71. The summed E-state index contributed by atoms with van der Waals surface area (Å²) in [4.78, 5) is 13.7. The number of halogens is 2. The number of aromatic nitrogens is 1. The van der Waals surface area contributed by atoms with Crippen molar-refractivity contribution in [2.24, 2.45) is 7.05 Å². The summed E-state index contributed by atoms with van der Waals surface area (Å²) in [5.74, 6) is -1.18. The maximum absolute atomic E-state index is 13.3. The van der Waals surface area contributed by atoms with Crippen LogP contribution in [0.5, 0.6) is 0 Å². The lowest BCUT2D eigenvalue weighted by Gasteiger charge is -2.26. The zero-order valence-corrected chi connectivity index (χ0v) is 12.9. The standard InChI is InChI=1S/C17H17F2N3O/c1-11-5-13(10-21(2)17(11)23)16-20-3-4-22(16)9-12-6-14(18)8-15(19)7-12/h3-8,10,16,20H,9H2,1-2H3. The first-order chi connectivity index (χ1) is 10.9. The van der Waals surface area contributed by atoms with Crippen LogP contribution in [0.2, 0.25) is 0 Å². The van der Waals surface area contributed by atoms with Crippen molar-refractivity contribution in [2.45, 2.75) is 19.6 Å². The Balaban J connectivity index is 1.88. The molecule has 3 rings (SSSR count). The molecule has 0 saturated carbocycles. The van der Waals surface area contributed by atoms with E-state index in [0.717, 1.165) is 11.6 Å². The van der Waals surface area contributed by atoms with Gasteiger partial charge in [-0.1, -0.05) is 0 Å². The second-order valence-electron chi connectivity index (χ2n) is 5.71. The topological polar surface area (TPSA) is 37.3 Å². The Morgan fingerprint density at radius 1 is 1.17 bits per heavy atom. The second kappa shape index (κ2) is 5.87. The molecule has 1 aliphatic heterocycles. The molecule has 1 N–H and O–H groups in total. The molecule has 4 nitrogen and oxygen atoms in total. The van der Waals surface area contributed by atoms with E-state index in [1.165, 1.54) is 16.7 Å². The van der Waals surface area contributed by atoms with Crippen molar-refractivity contribution in [2.75, 3.05) is 0 Å². The van der Waals surface area contributed by atoms with Gasteiger partial charge in [-0.3, -0.25) is 4.79 Å². The Hall–Kier alpha value is -2.63. The third-order valence-corrected chi connectivity index (χ3v) is 3.84. The van der Waals surface area contributed by atoms with E-state index in [1.54, 1.807) is 26.4 Å². The van der Waals surface area contributed by atoms with Crippen LogP contribution < -0.4 is 10.9 Å². The van der Waals surface area contributed by atoms with Gasteiger partial charge < -0.3 is 14.8 Å². The van der Waals surface area contributed by atoms with Crippen molar-refractivity contribution < 1.29 is 8.78 Å². The third-order valence-electron chi connectivity index (χ3n) is 3.84. The Labute approximate surface area is 132 Å². The minimum atomic E-state index is -0.592. The Morgan fingerprint density at radius 2 is 1.87 bits per heavy atom. The number of nitrogens with one attached hydrogen (secondary N) is 1. The fourth-order valence-corrected chi connectivity index (χ4v) is 2.82. The summed E-state index contributed by atoms with van der Waals surface area (Å²) >= 11 is 0. The molecule has 0 amide bonds. The summed E-state index contributed by atoms with van der Waals surface area (Å²) in [6, 6.07) is 5.32. The van der Waals surface area contributed by atoms with Gasteiger partial charge in [0.15, 0.2) is 0 Å². The number of aryl methyl sites for hydroxylation is 2. The van der Waals surface area contributed by atoms with Crippen molar-refractivity contribution in [3.05, 3.63) is 81.5 Å². The Kier molecular flexibility index (Phi) is 3.90. The van der Waals surface area contributed by atoms with Crippen LogP contribution in [0.4, 0.5) is 8.78 Å². The van der Waals surface area contributed by atoms with Crippen molar-refractivity contribution in [3.63, 3.8) is 0 Å². The minimum absolute atomic E-state index is 0.0431. The summed E-state index contributed by atoms with van der Waals surface area (Å²) in [6.45, 7) is 2.12. The van der Waals surface area contributed by atoms with E-state index in [1.807, 2.05) is 17.2 Å². The minimum Gasteiger partial charge on any atom is -0.366 e. The molecule has 120 valence electrons. The monoisotopic (exact) mass is 317 g/mol. The molecular formula is C17H17F2N3O. The lowest BCUT2D eigenvalue weighted by Crippen LogP contribution is -2.29. The first-order valence-corrected chi connectivity index (χ1v) is 7.24. The van der Waals surface area contributed by atoms with Crippen LogP contribution in [0.25, 0.3) is 0 Å². The molecule has 0 bridgehead atoms. The van der Waals surface area contributed by atoms with Crippen LogP contribution in [0, 0.1) is 18.6 Å². The van der Waals surface area contributed by atoms with Gasteiger partial charge in [0.1, 0.15) is 17.8 Å². The summed E-state index contributed by atoms with van der Waals surface area (Å²) in [6.07, 6.45) is 5.18. The molecule has 2 aromatic rings. The highest BCUT2D eigenvalue weighted by atomic mass is 19.1. The summed E-state index contributed by atoms with van der Waals surface area (Å²) in [7, 11) is 1.70. The quantitative estimate of drug-likeness (QED) is 0.945. The van der Waals surface area contributed by atoms with E-state index in [4.69, 9.17) is 0 Å². The average Bonchev–Trinajstić information content (AvgIpc) is 2.91. The lowest BCUT2D eigenvalue weighted by atomic mass is 10.1. The molecular weight excluding hydrogens is 300 g/mol. The van der Waals surface area contributed by atoms with Gasteiger partial charge in [-0.05, 0) is 30.7 Å². The number of hydrogen-bond donors (Lipinski definition) is 1. The highest BCUT2D eigenvalue weighted by Crippen LogP contribution is 2.24. The maximum atomic E-state index is 13.3. The Bertz CT molecular complexity index is 783. The molecule has 0 saturated heterocycles. The summed E-state index contributed by atoms with van der Waals surface area (Å²) < 4.78 is 28.2. The fraction of sp³-hybridized carbons (Fsp3) is 0.235. The molecule has 0 fully saturated rings. The van der Waals surface area contributed by atoms with Crippen molar-refractivity contribution in [1.82, 2.24) is 14.8 Å². The molecule has 0 spiro atoms. The molecule has 1 aromatic heterocycles. The van der Waals surface area contributed by atoms with Crippen LogP contribution >= 0.6 is 0 Å². The van der Waals surface area contributed by atoms with Gasteiger partial charge >= 0.3 is 0 Å².